The van der Waals surface area contributed by atoms with Crippen LogP contribution in [-0.2, 0) is 14.3 Å². The number of methoxy groups -OCH3 is 1. The van der Waals surface area contributed by atoms with Crippen molar-refractivity contribution in [3.05, 3.63) is 11.6 Å². The Bertz CT molecular complexity index is 652. The average molecular weight is 346 g/mol. The number of allylic oxidation sites excluding steroid dienone is 1. The topological polar surface area (TPSA) is 63.6 Å². The molecule has 3 fully saturated rings. The molecule has 0 aromatic carbocycles. The standard InChI is InChI=1S/C21H30O4/c1-19-9-6-14(22)12-13(19)4-5-15-16(19)7-10-20(2)17(15)8-11-21(20,24)18(23)25-3/h12,15-17,24H,4-11H2,1-3H3. The Kier molecular flexibility index (Phi) is 3.74. The van der Waals surface area contributed by atoms with Crippen LogP contribution in [0.1, 0.15) is 65.2 Å². The van der Waals surface area contributed by atoms with E-state index in [1.807, 2.05) is 6.08 Å². The average Bonchev–Trinajstić information content (AvgIpc) is 2.87. The second-order valence-electron chi connectivity index (χ2n) is 9.32. The van der Waals surface area contributed by atoms with E-state index in [1.54, 1.807) is 0 Å². The van der Waals surface area contributed by atoms with Crippen LogP contribution in [0.4, 0.5) is 0 Å². The third kappa shape index (κ3) is 2.09. The molecular formula is C21H30O4. The van der Waals surface area contributed by atoms with E-state index in [0.29, 0.717) is 30.6 Å². The van der Waals surface area contributed by atoms with Crippen molar-refractivity contribution in [2.45, 2.75) is 70.8 Å². The fourth-order valence-corrected chi connectivity index (χ4v) is 7.08. The molecule has 4 aliphatic carbocycles. The van der Waals surface area contributed by atoms with Gasteiger partial charge in [-0.1, -0.05) is 19.4 Å². The molecule has 4 aliphatic rings. The molecule has 4 heteroatoms. The van der Waals surface area contributed by atoms with Crippen LogP contribution in [0.25, 0.3) is 0 Å². The van der Waals surface area contributed by atoms with Gasteiger partial charge >= 0.3 is 5.97 Å². The van der Waals surface area contributed by atoms with Gasteiger partial charge in [-0.3, -0.25) is 4.79 Å². The summed E-state index contributed by atoms with van der Waals surface area (Å²) in [5.74, 6) is 1.30. The summed E-state index contributed by atoms with van der Waals surface area (Å²) in [6, 6.07) is 0. The molecule has 0 saturated heterocycles. The van der Waals surface area contributed by atoms with Gasteiger partial charge in [-0.15, -0.1) is 0 Å². The molecule has 3 saturated carbocycles. The minimum absolute atomic E-state index is 0.129. The van der Waals surface area contributed by atoms with Crippen molar-refractivity contribution in [1.29, 1.82) is 0 Å². The van der Waals surface area contributed by atoms with Crippen LogP contribution >= 0.6 is 0 Å². The third-order valence-electron chi connectivity index (χ3n) is 8.64. The molecule has 0 aromatic rings. The highest BCUT2D eigenvalue weighted by Crippen LogP contribution is 2.67. The Labute approximate surface area is 150 Å². The summed E-state index contributed by atoms with van der Waals surface area (Å²) >= 11 is 0. The van der Waals surface area contributed by atoms with E-state index in [0.717, 1.165) is 38.5 Å². The van der Waals surface area contributed by atoms with Crippen molar-refractivity contribution in [3.8, 4) is 0 Å². The van der Waals surface area contributed by atoms with E-state index in [9.17, 15) is 14.7 Å². The van der Waals surface area contributed by atoms with Gasteiger partial charge in [0.1, 0.15) is 0 Å². The van der Waals surface area contributed by atoms with Gasteiger partial charge in [0.15, 0.2) is 11.4 Å². The van der Waals surface area contributed by atoms with Crippen molar-refractivity contribution in [2.75, 3.05) is 7.11 Å². The lowest BCUT2D eigenvalue weighted by Gasteiger charge is -2.58. The molecule has 6 atom stereocenters. The van der Waals surface area contributed by atoms with Gasteiger partial charge in [0.25, 0.3) is 0 Å². The first-order valence-corrected chi connectivity index (χ1v) is 9.81. The Morgan fingerprint density at radius 3 is 2.56 bits per heavy atom. The Hall–Kier alpha value is -1.16. The molecule has 4 nitrogen and oxygen atoms in total. The largest absolute Gasteiger partial charge is 0.467 e. The first kappa shape index (κ1) is 17.3. The highest BCUT2D eigenvalue weighted by molar-refractivity contribution is 5.91. The van der Waals surface area contributed by atoms with Crippen molar-refractivity contribution in [3.63, 3.8) is 0 Å². The maximum Gasteiger partial charge on any atom is 0.338 e. The molecule has 0 radical (unpaired) electrons. The van der Waals surface area contributed by atoms with Crippen LogP contribution in [0.2, 0.25) is 0 Å². The lowest BCUT2D eigenvalue weighted by atomic mass is 9.46. The molecule has 6 unspecified atom stereocenters. The number of fused-ring (bicyclic) bond motifs is 5. The number of carbonyl (C=O) groups excluding carboxylic acids is 2. The number of ether oxygens (including phenoxy) is 1. The van der Waals surface area contributed by atoms with Crippen LogP contribution in [0, 0.1) is 28.6 Å². The molecule has 0 aromatic heterocycles. The number of carbonyl (C=O) groups is 2. The molecular weight excluding hydrogens is 316 g/mol. The smallest absolute Gasteiger partial charge is 0.338 e. The van der Waals surface area contributed by atoms with E-state index >= 15 is 0 Å². The van der Waals surface area contributed by atoms with Crippen LogP contribution in [0.15, 0.2) is 11.6 Å². The number of hydrogen-bond donors (Lipinski definition) is 1. The number of ketones is 1. The summed E-state index contributed by atoms with van der Waals surface area (Å²) < 4.78 is 4.97. The maximum atomic E-state index is 12.4. The lowest BCUT2D eigenvalue weighted by Crippen LogP contribution is -2.57. The quantitative estimate of drug-likeness (QED) is 0.739. The third-order valence-corrected chi connectivity index (χ3v) is 8.64. The highest BCUT2D eigenvalue weighted by atomic mass is 16.5. The zero-order chi connectivity index (χ0) is 18.0. The van der Waals surface area contributed by atoms with Crippen molar-refractivity contribution < 1.29 is 19.4 Å². The summed E-state index contributed by atoms with van der Waals surface area (Å²) in [6.07, 6.45) is 8.93. The Balaban J connectivity index is 1.68. The molecule has 0 amide bonds. The molecule has 25 heavy (non-hydrogen) atoms. The van der Waals surface area contributed by atoms with E-state index in [4.69, 9.17) is 4.74 Å². The Morgan fingerprint density at radius 2 is 1.84 bits per heavy atom. The summed E-state index contributed by atoms with van der Waals surface area (Å²) in [5.41, 5.74) is -0.237. The van der Waals surface area contributed by atoms with Crippen molar-refractivity contribution in [1.82, 2.24) is 0 Å². The zero-order valence-corrected chi connectivity index (χ0v) is 15.6. The predicted octanol–water partition coefficient (Wildman–Crippen LogP) is 3.42. The fraction of sp³-hybridized carbons (Fsp3) is 0.810. The summed E-state index contributed by atoms with van der Waals surface area (Å²) in [4.78, 5) is 24.3. The summed E-state index contributed by atoms with van der Waals surface area (Å²) in [7, 11) is 1.38. The van der Waals surface area contributed by atoms with Gasteiger partial charge in [0, 0.05) is 11.8 Å². The van der Waals surface area contributed by atoms with E-state index in [-0.39, 0.29) is 16.6 Å². The highest BCUT2D eigenvalue weighted by Gasteiger charge is 2.67. The van der Waals surface area contributed by atoms with E-state index < -0.39 is 11.6 Å². The molecule has 1 N–H and O–H groups in total. The number of esters is 1. The first-order chi connectivity index (χ1) is 11.8. The van der Waals surface area contributed by atoms with Gasteiger partial charge in [0.05, 0.1) is 7.11 Å². The minimum Gasteiger partial charge on any atom is -0.467 e. The molecule has 138 valence electrons. The van der Waals surface area contributed by atoms with Gasteiger partial charge in [-0.25, -0.2) is 4.79 Å². The molecule has 0 heterocycles. The predicted molar refractivity (Wildman–Crippen MR) is 93.7 cm³/mol. The Morgan fingerprint density at radius 1 is 1.12 bits per heavy atom. The molecule has 0 aliphatic heterocycles. The normalized spacial score (nSPS) is 48.9. The first-order valence-electron chi connectivity index (χ1n) is 9.81. The van der Waals surface area contributed by atoms with Crippen LogP contribution in [-0.4, -0.2) is 29.6 Å². The SMILES string of the molecule is COC(=O)C1(O)CCC2C3CCC4=CC(=O)CCC4(C)C3CCC21C. The van der Waals surface area contributed by atoms with Crippen molar-refractivity contribution in [2.24, 2.45) is 28.6 Å². The second kappa shape index (κ2) is 5.42. The van der Waals surface area contributed by atoms with E-state index in [2.05, 4.69) is 13.8 Å². The number of hydrogen-bond acceptors (Lipinski definition) is 4. The van der Waals surface area contributed by atoms with Crippen LogP contribution in [0.3, 0.4) is 0 Å². The second-order valence-corrected chi connectivity index (χ2v) is 9.32. The van der Waals surface area contributed by atoms with Gasteiger partial charge < -0.3 is 9.84 Å². The maximum absolute atomic E-state index is 12.4. The summed E-state index contributed by atoms with van der Waals surface area (Å²) in [5, 5.41) is 11.2. The van der Waals surface area contributed by atoms with E-state index in [1.165, 1.54) is 12.7 Å². The zero-order valence-electron chi connectivity index (χ0n) is 15.6. The van der Waals surface area contributed by atoms with Gasteiger partial charge in [-0.05, 0) is 74.2 Å². The van der Waals surface area contributed by atoms with Gasteiger partial charge in [0.2, 0.25) is 0 Å². The lowest BCUT2D eigenvalue weighted by molar-refractivity contribution is -0.184. The monoisotopic (exact) mass is 346 g/mol. The fourth-order valence-electron chi connectivity index (χ4n) is 7.08. The minimum atomic E-state index is -1.34. The van der Waals surface area contributed by atoms with Gasteiger partial charge in [-0.2, -0.15) is 0 Å². The van der Waals surface area contributed by atoms with Crippen LogP contribution in [0.5, 0.6) is 0 Å². The molecule has 4 rings (SSSR count). The molecule has 0 spiro atoms. The summed E-state index contributed by atoms with van der Waals surface area (Å²) in [6.45, 7) is 4.46. The number of rotatable bonds is 1. The van der Waals surface area contributed by atoms with Crippen LogP contribution < -0.4 is 0 Å². The molecule has 0 bridgehead atoms. The number of aliphatic hydroxyl groups is 1. The van der Waals surface area contributed by atoms with Crippen molar-refractivity contribution >= 4 is 11.8 Å².